The molecule has 0 aliphatic carbocycles. The van der Waals surface area contributed by atoms with Gasteiger partial charge < -0.3 is 44.5 Å². The highest BCUT2D eigenvalue weighted by molar-refractivity contribution is 7.81. The van der Waals surface area contributed by atoms with Crippen LogP contribution in [0.25, 0.3) is 0 Å². The van der Waals surface area contributed by atoms with Crippen LogP contribution in [-0.2, 0) is 52.9 Å². The molecule has 20 heteroatoms. The van der Waals surface area contributed by atoms with E-state index in [0.717, 1.165) is 7.11 Å². The molecule has 0 unspecified atom stereocenters. The van der Waals surface area contributed by atoms with Gasteiger partial charge >= 0.3 is 26.8 Å². The third-order valence-corrected chi connectivity index (χ3v) is 5.51. The van der Waals surface area contributed by atoms with E-state index in [1.54, 1.807) is 0 Å². The molecule has 7 N–H and O–H groups in total. The molecule has 0 radical (unpaired) electrons. The Kier molecular flexibility index (Phi) is 9.08. The second-order valence-electron chi connectivity index (χ2n) is 6.77. The summed E-state index contributed by atoms with van der Waals surface area (Å²) in [6.45, 7) is -0.969. The quantitative estimate of drug-likeness (QED) is 0.137. The van der Waals surface area contributed by atoms with Crippen molar-refractivity contribution in [1.82, 2.24) is 0 Å². The van der Waals surface area contributed by atoms with Gasteiger partial charge in [0.25, 0.3) is 0 Å². The molecule has 2 rings (SSSR count). The molecular weight excluding hydrogens is 508 g/mol. The standard InChI is InChI=1S/C13H22O18S2/c1-26-12-9(31-33(23,24)25)6(17)7(10(29-12)11(18)19)28-13-8(30-32(20,21)22)5(16)4(15)3(2-14)27-13/h3-10,12-17H,2H2,1H3,(H,18,19)(H,20,21,22)(H,23,24,25)/t3-,4+,5+,6+,7+,8-,9-,10+,12+,13-/m1/s1. The molecule has 2 heterocycles. The first-order valence-corrected chi connectivity index (χ1v) is 11.5. The molecule has 0 bridgehead atoms. The van der Waals surface area contributed by atoms with Crippen LogP contribution in [0.1, 0.15) is 0 Å². The number of hydrogen-bond donors (Lipinski definition) is 7. The average molecular weight is 530 g/mol. The predicted octanol–water partition coefficient (Wildman–Crippen LogP) is -5.00. The van der Waals surface area contributed by atoms with Crippen LogP contribution >= 0.6 is 0 Å². The molecule has 0 saturated carbocycles. The summed E-state index contributed by atoms with van der Waals surface area (Å²) in [7, 11) is -9.67. The molecule has 0 aromatic carbocycles. The maximum atomic E-state index is 11.6. The van der Waals surface area contributed by atoms with Crippen molar-refractivity contribution in [3.8, 4) is 0 Å². The Morgan fingerprint density at radius 3 is 1.79 bits per heavy atom. The lowest BCUT2D eigenvalue weighted by Gasteiger charge is -2.45. The zero-order valence-corrected chi connectivity index (χ0v) is 18.1. The van der Waals surface area contributed by atoms with Crippen LogP contribution in [0.4, 0.5) is 0 Å². The summed E-state index contributed by atoms with van der Waals surface area (Å²) in [6.07, 6.45) is -21.0. The zero-order chi connectivity index (χ0) is 25.3. The number of carboxylic acids is 1. The van der Waals surface area contributed by atoms with Crippen molar-refractivity contribution >= 4 is 26.8 Å². The summed E-state index contributed by atoms with van der Waals surface area (Å²) < 4.78 is 90.8. The number of ether oxygens (including phenoxy) is 4. The molecule has 18 nitrogen and oxygen atoms in total. The SMILES string of the molecule is CO[C@H]1O[C@H](C(=O)O)[C@@H](O[C@H]2O[C@H](CO)[C@H](O)[C@H](O)[C@H]2OS(=O)(=O)O)[C@H](O)[C@H]1OS(=O)(=O)O. The molecule has 2 saturated heterocycles. The Morgan fingerprint density at radius 1 is 0.848 bits per heavy atom. The largest absolute Gasteiger partial charge is 0.479 e. The number of aliphatic hydroxyl groups excluding tert-OH is 4. The van der Waals surface area contributed by atoms with E-state index in [1.807, 2.05) is 0 Å². The monoisotopic (exact) mass is 530 g/mol. The third-order valence-electron chi connectivity index (χ3n) is 4.58. The van der Waals surface area contributed by atoms with Crippen LogP contribution in [-0.4, -0.2) is 133 Å². The fourth-order valence-corrected chi connectivity index (χ4v) is 4.14. The Balaban J connectivity index is 2.42. The van der Waals surface area contributed by atoms with Crippen LogP contribution in [0.2, 0.25) is 0 Å². The van der Waals surface area contributed by atoms with E-state index >= 15 is 0 Å². The highest BCUT2D eigenvalue weighted by atomic mass is 32.3. The Bertz CT molecular complexity index is 889. The number of carboxylic acid groups (broad SMARTS) is 1. The topological polar surface area (TPSA) is 282 Å². The summed E-state index contributed by atoms with van der Waals surface area (Å²) in [6, 6.07) is 0. The number of hydrogen-bond acceptors (Lipinski definition) is 15. The number of rotatable bonds is 9. The molecule has 2 aliphatic rings. The van der Waals surface area contributed by atoms with Gasteiger partial charge in [-0.1, -0.05) is 0 Å². The first kappa shape index (κ1) is 28.1. The highest BCUT2D eigenvalue weighted by Gasteiger charge is 2.55. The molecule has 0 aromatic rings. The highest BCUT2D eigenvalue weighted by Crippen LogP contribution is 2.32. The first-order chi connectivity index (χ1) is 15.1. The van der Waals surface area contributed by atoms with Gasteiger partial charge in [0.1, 0.15) is 30.5 Å². The second kappa shape index (κ2) is 10.7. The minimum Gasteiger partial charge on any atom is -0.479 e. The molecule has 10 atom stereocenters. The van der Waals surface area contributed by atoms with Crippen molar-refractivity contribution < 1.29 is 83.6 Å². The van der Waals surface area contributed by atoms with Crippen molar-refractivity contribution in [3.63, 3.8) is 0 Å². The van der Waals surface area contributed by atoms with Crippen LogP contribution in [0, 0.1) is 0 Å². The number of aliphatic hydroxyl groups is 4. The van der Waals surface area contributed by atoms with Gasteiger partial charge in [-0.25, -0.2) is 13.2 Å². The van der Waals surface area contributed by atoms with E-state index in [2.05, 4.69) is 8.37 Å². The van der Waals surface area contributed by atoms with Gasteiger partial charge in [-0.2, -0.15) is 16.8 Å². The zero-order valence-electron chi connectivity index (χ0n) is 16.4. The van der Waals surface area contributed by atoms with Crippen molar-refractivity contribution in [2.24, 2.45) is 0 Å². The Morgan fingerprint density at radius 2 is 1.36 bits per heavy atom. The van der Waals surface area contributed by atoms with Crippen molar-refractivity contribution in [2.75, 3.05) is 13.7 Å². The summed E-state index contributed by atoms with van der Waals surface area (Å²) in [5.41, 5.74) is 0. The molecular formula is C13H22O18S2. The van der Waals surface area contributed by atoms with E-state index < -0.39 is 94.8 Å². The normalized spacial score (nSPS) is 40.5. The third kappa shape index (κ3) is 6.95. The van der Waals surface area contributed by atoms with Gasteiger partial charge in [-0.3, -0.25) is 9.11 Å². The lowest BCUT2D eigenvalue weighted by Crippen LogP contribution is -2.66. The van der Waals surface area contributed by atoms with E-state index in [4.69, 9.17) is 28.1 Å². The summed E-state index contributed by atoms with van der Waals surface area (Å²) in [4.78, 5) is 11.6. The van der Waals surface area contributed by atoms with Crippen LogP contribution < -0.4 is 0 Å². The van der Waals surface area contributed by atoms with Crippen LogP contribution in [0.3, 0.4) is 0 Å². The molecule has 194 valence electrons. The molecule has 0 amide bonds. The fraction of sp³-hybridized carbons (Fsp3) is 0.923. The van der Waals surface area contributed by atoms with Crippen LogP contribution in [0.15, 0.2) is 0 Å². The molecule has 33 heavy (non-hydrogen) atoms. The minimum absolute atomic E-state index is 0.918. The van der Waals surface area contributed by atoms with E-state index in [0.29, 0.717) is 0 Å². The minimum atomic E-state index is -5.33. The summed E-state index contributed by atoms with van der Waals surface area (Å²) in [5.74, 6) is -1.81. The smallest absolute Gasteiger partial charge is 0.397 e. The van der Waals surface area contributed by atoms with Gasteiger partial charge in [0, 0.05) is 7.11 Å². The van der Waals surface area contributed by atoms with Crippen molar-refractivity contribution in [1.29, 1.82) is 0 Å². The molecule has 2 aliphatic heterocycles. The lowest BCUT2D eigenvalue weighted by molar-refractivity contribution is -0.347. The number of methoxy groups -OCH3 is 1. The maximum absolute atomic E-state index is 11.6. The lowest BCUT2D eigenvalue weighted by atomic mass is 9.97. The van der Waals surface area contributed by atoms with Crippen molar-refractivity contribution in [3.05, 3.63) is 0 Å². The van der Waals surface area contributed by atoms with Crippen molar-refractivity contribution in [2.45, 2.75) is 61.4 Å². The van der Waals surface area contributed by atoms with Crippen LogP contribution in [0.5, 0.6) is 0 Å². The van der Waals surface area contributed by atoms with E-state index in [9.17, 15) is 47.2 Å². The van der Waals surface area contributed by atoms with E-state index in [1.165, 1.54) is 0 Å². The van der Waals surface area contributed by atoms with Gasteiger partial charge in [-0.15, -0.1) is 0 Å². The summed E-state index contributed by atoms with van der Waals surface area (Å²) >= 11 is 0. The Hall–Kier alpha value is -1.11. The van der Waals surface area contributed by atoms with Gasteiger partial charge in [0.2, 0.25) is 0 Å². The van der Waals surface area contributed by atoms with Gasteiger partial charge in [0.15, 0.2) is 30.9 Å². The summed E-state index contributed by atoms with van der Waals surface area (Å²) in [5, 5.41) is 49.3. The number of aliphatic carboxylic acids is 1. The second-order valence-corrected chi connectivity index (χ2v) is 8.87. The Labute approximate surface area is 186 Å². The first-order valence-electron chi connectivity index (χ1n) is 8.78. The predicted molar refractivity (Wildman–Crippen MR) is 94.8 cm³/mol. The molecule has 2 fully saturated rings. The number of carbonyl (C=O) groups is 1. The fourth-order valence-electron chi connectivity index (χ4n) is 3.17. The van der Waals surface area contributed by atoms with E-state index in [-0.39, 0.29) is 0 Å². The maximum Gasteiger partial charge on any atom is 0.397 e. The average Bonchev–Trinajstić information content (AvgIpc) is 2.68. The molecule has 0 aromatic heterocycles. The van der Waals surface area contributed by atoms with Gasteiger partial charge in [-0.05, 0) is 0 Å². The molecule has 0 spiro atoms. The van der Waals surface area contributed by atoms with Gasteiger partial charge in [0.05, 0.1) is 6.61 Å².